The summed E-state index contributed by atoms with van der Waals surface area (Å²) in [7, 11) is 1.63. The van der Waals surface area contributed by atoms with Crippen molar-refractivity contribution >= 4 is 5.82 Å². The molecule has 5 nitrogen and oxygen atoms in total. The van der Waals surface area contributed by atoms with Gasteiger partial charge in [0.05, 0.1) is 12.7 Å². The van der Waals surface area contributed by atoms with Crippen molar-refractivity contribution in [2.24, 2.45) is 0 Å². The molecule has 2 aromatic rings. The third-order valence-corrected chi connectivity index (χ3v) is 2.81. The molecule has 2 rings (SSSR count). The molecule has 0 saturated carbocycles. The van der Waals surface area contributed by atoms with Crippen molar-refractivity contribution in [2.45, 2.75) is 20.8 Å². The number of nitrogens with zero attached hydrogens (tertiary/aromatic N) is 2. The van der Waals surface area contributed by atoms with E-state index in [0.29, 0.717) is 17.5 Å². The summed E-state index contributed by atoms with van der Waals surface area (Å²) in [5.74, 6) is 3.47. The first-order valence-electron chi connectivity index (χ1n) is 6.55. The number of anilines is 1. The van der Waals surface area contributed by atoms with Gasteiger partial charge in [-0.05, 0) is 32.9 Å². The van der Waals surface area contributed by atoms with Crippen LogP contribution in [0.25, 0.3) is 0 Å². The fourth-order valence-corrected chi connectivity index (χ4v) is 1.82. The van der Waals surface area contributed by atoms with Gasteiger partial charge in [-0.1, -0.05) is 6.07 Å². The Kier molecular flexibility index (Phi) is 4.40. The number of aromatic nitrogens is 2. The SMILES string of the molecule is CCNc1nc(C)nc(Oc2cccc(OC)c2)c1C. The van der Waals surface area contributed by atoms with Crippen LogP contribution < -0.4 is 14.8 Å². The minimum absolute atomic E-state index is 0.557. The van der Waals surface area contributed by atoms with Gasteiger partial charge in [0, 0.05) is 12.6 Å². The zero-order chi connectivity index (χ0) is 14.5. The Morgan fingerprint density at radius 3 is 2.60 bits per heavy atom. The number of aryl methyl sites for hydroxylation is 1. The summed E-state index contributed by atoms with van der Waals surface area (Å²) >= 11 is 0. The number of nitrogens with one attached hydrogen (secondary N) is 1. The zero-order valence-electron chi connectivity index (χ0n) is 12.2. The maximum absolute atomic E-state index is 5.85. The Morgan fingerprint density at radius 2 is 1.90 bits per heavy atom. The first-order chi connectivity index (χ1) is 9.63. The van der Waals surface area contributed by atoms with Crippen LogP contribution in [0.1, 0.15) is 18.3 Å². The molecule has 0 aliphatic rings. The van der Waals surface area contributed by atoms with Crippen molar-refractivity contribution in [2.75, 3.05) is 19.0 Å². The number of hydrogen-bond acceptors (Lipinski definition) is 5. The number of methoxy groups -OCH3 is 1. The van der Waals surface area contributed by atoms with Crippen LogP contribution in [0.3, 0.4) is 0 Å². The maximum Gasteiger partial charge on any atom is 0.227 e. The Morgan fingerprint density at radius 1 is 1.15 bits per heavy atom. The molecular formula is C15H19N3O2. The lowest BCUT2D eigenvalue weighted by molar-refractivity contribution is 0.406. The molecule has 20 heavy (non-hydrogen) atoms. The van der Waals surface area contributed by atoms with E-state index in [9.17, 15) is 0 Å². The average Bonchev–Trinajstić information content (AvgIpc) is 2.44. The third kappa shape index (κ3) is 3.17. The molecule has 0 amide bonds. The largest absolute Gasteiger partial charge is 0.497 e. The van der Waals surface area contributed by atoms with Gasteiger partial charge in [0.1, 0.15) is 23.1 Å². The highest BCUT2D eigenvalue weighted by atomic mass is 16.5. The molecule has 0 unspecified atom stereocenters. The van der Waals surface area contributed by atoms with Gasteiger partial charge in [0.25, 0.3) is 0 Å². The summed E-state index contributed by atoms with van der Waals surface area (Å²) in [6.45, 7) is 6.61. The summed E-state index contributed by atoms with van der Waals surface area (Å²) in [4.78, 5) is 8.72. The molecule has 0 atom stereocenters. The summed E-state index contributed by atoms with van der Waals surface area (Å²) in [5, 5.41) is 3.21. The van der Waals surface area contributed by atoms with Crippen molar-refractivity contribution < 1.29 is 9.47 Å². The summed E-state index contributed by atoms with van der Waals surface area (Å²) in [6, 6.07) is 7.44. The van der Waals surface area contributed by atoms with E-state index in [0.717, 1.165) is 23.7 Å². The molecule has 1 heterocycles. The van der Waals surface area contributed by atoms with E-state index < -0.39 is 0 Å². The molecule has 1 N–H and O–H groups in total. The van der Waals surface area contributed by atoms with E-state index in [1.807, 2.05) is 45.0 Å². The van der Waals surface area contributed by atoms with Crippen LogP contribution in [0.15, 0.2) is 24.3 Å². The van der Waals surface area contributed by atoms with E-state index in [-0.39, 0.29) is 0 Å². The normalized spacial score (nSPS) is 10.2. The Bertz CT molecular complexity index is 600. The highest BCUT2D eigenvalue weighted by Crippen LogP contribution is 2.28. The first kappa shape index (κ1) is 14.1. The van der Waals surface area contributed by atoms with Gasteiger partial charge in [-0.3, -0.25) is 0 Å². The van der Waals surface area contributed by atoms with Crippen LogP contribution in [0.2, 0.25) is 0 Å². The van der Waals surface area contributed by atoms with E-state index in [1.54, 1.807) is 7.11 Å². The lowest BCUT2D eigenvalue weighted by Crippen LogP contribution is -2.06. The molecule has 0 saturated heterocycles. The fourth-order valence-electron chi connectivity index (χ4n) is 1.82. The standard InChI is InChI=1S/C15H19N3O2/c1-5-16-14-10(2)15(18-11(3)17-14)20-13-8-6-7-12(9-13)19-4/h6-9H,5H2,1-4H3,(H,16,17,18). The molecule has 0 bridgehead atoms. The molecule has 1 aromatic carbocycles. The highest BCUT2D eigenvalue weighted by molar-refractivity contribution is 5.49. The topological polar surface area (TPSA) is 56.3 Å². The predicted octanol–water partition coefficient (Wildman–Crippen LogP) is 3.33. The molecule has 5 heteroatoms. The van der Waals surface area contributed by atoms with Crippen molar-refractivity contribution in [1.29, 1.82) is 0 Å². The predicted molar refractivity (Wildman–Crippen MR) is 78.7 cm³/mol. The van der Waals surface area contributed by atoms with Crippen molar-refractivity contribution in [1.82, 2.24) is 9.97 Å². The highest BCUT2D eigenvalue weighted by Gasteiger charge is 2.11. The second-order valence-corrected chi connectivity index (χ2v) is 4.36. The molecule has 0 spiro atoms. The fraction of sp³-hybridized carbons (Fsp3) is 0.333. The van der Waals surface area contributed by atoms with E-state index >= 15 is 0 Å². The Hall–Kier alpha value is -2.30. The van der Waals surface area contributed by atoms with Crippen LogP contribution in [0.4, 0.5) is 5.82 Å². The van der Waals surface area contributed by atoms with Gasteiger partial charge in [0.15, 0.2) is 0 Å². The summed E-state index contributed by atoms with van der Waals surface area (Å²) < 4.78 is 11.0. The molecule has 1 aromatic heterocycles. The van der Waals surface area contributed by atoms with Crippen molar-refractivity contribution in [3.8, 4) is 17.4 Å². The average molecular weight is 273 g/mol. The van der Waals surface area contributed by atoms with Crippen molar-refractivity contribution in [3.05, 3.63) is 35.7 Å². The summed E-state index contributed by atoms with van der Waals surface area (Å²) in [5.41, 5.74) is 0.889. The van der Waals surface area contributed by atoms with Gasteiger partial charge in [-0.25, -0.2) is 4.98 Å². The quantitative estimate of drug-likeness (QED) is 0.905. The van der Waals surface area contributed by atoms with Gasteiger partial charge in [-0.15, -0.1) is 0 Å². The number of ether oxygens (including phenoxy) is 2. The third-order valence-electron chi connectivity index (χ3n) is 2.81. The van der Waals surface area contributed by atoms with E-state index in [2.05, 4.69) is 15.3 Å². The lowest BCUT2D eigenvalue weighted by atomic mass is 10.3. The second-order valence-electron chi connectivity index (χ2n) is 4.36. The second kappa shape index (κ2) is 6.23. The van der Waals surface area contributed by atoms with E-state index in [1.165, 1.54) is 0 Å². The molecule has 0 fully saturated rings. The number of rotatable bonds is 5. The maximum atomic E-state index is 5.85. The molecule has 0 aliphatic carbocycles. The van der Waals surface area contributed by atoms with Crippen LogP contribution in [-0.2, 0) is 0 Å². The van der Waals surface area contributed by atoms with Gasteiger partial charge in [0.2, 0.25) is 5.88 Å². The molecule has 106 valence electrons. The molecule has 0 radical (unpaired) electrons. The Labute approximate surface area is 119 Å². The van der Waals surface area contributed by atoms with Gasteiger partial charge < -0.3 is 14.8 Å². The van der Waals surface area contributed by atoms with Crippen LogP contribution in [0, 0.1) is 13.8 Å². The first-order valence-corrected chi connectivity index (χ1v) is 6.55. The smallest absolute Gasteiger partial charge is 0.227 e. The Balaban J connectivity index is 2.32. The van der Waals surface area contributed by atoms with Gasteiger partial charge in [-0.2, -0.15) is 4.98 Å². The molecule has 0 aliphatic heterocycles. The monoisotopic (exact) mass is 273 g/mol. The van der Waals surface area contributed by atoms with Crippen molar-refractivity contribution in [3.63, 3.8) is 0 Å². The van der Waals surface area contributed by atoms with Crippen LogP contribution in [-0.4, -0.2) is 23.6 Å². The summed E-state index contributed by atoms with van der Waals surface area (Å²) in [6.07, 6.45) is 0. The number of benzene rings is 1. The van der Waals surface area contributed by atoms with Crippen LogP contribution >= 0.6 is 0 Å². The lowest BCUT2D eigenvalue weighted by Gasteiger charge is -2.13. The van der Waals surface area contributed by atoms with E-state index in [4.69, 9.17) is 9.47 Å². The minimum Gasteiger partial charge on any atom is -0.497 e. The van der Waals surface area contributed by atoms with Crippen LogP contribution in [0.5, 0.6) is 17.4 Å². The number of hydrogen-bond donors (Lipinski definition) is 1. The minimum atomic E-state index is 0.557. The zero-order valence-corrected chi connectivity index (χ0v) is 12.2. The van der Waals surface area contributed by atoms with Gasteiger partial charge >= 0.3 is 0 Å². The molecular weight excluding hydrogens is 254 g/mol.